The maximum Gasteiger partial charge on any atom is 0.143 e. The van der Waals surface area contributed by atoms with Gasteiger partial charge < -0.3 is 9.30 Å². The number of ether oxygens (including phenoxy) is 1. The Labute approximate surface area is 106 Å². The average Bonchev–Trinajstić information content (AvgIpc) is 2.43. The van der Waals surface area contributed by atoms with Crippen LogP contribution in [-0.2, 0) is 4.74 Å². The van der Waals surface area contributed by atoms with E-state index in [4.69, 9.17) is 16.3 Å². The first-order valence-electron chi connectivity index (χ1n) is 5.08. The van der Waals surface area contributed by atoms with Crippen molar-refractivity contribution in [3.05, 3.63) is 27.5 Å². The number of halogens is 2. The van der Waals surface area contributed by atoms with Gasteiger partial charge in [-0.25, -0.2) is 4.98 Å². The van der Waals surface area contributed by atoms with E-state index < -0.39 is 0 Å². The molecule has 0 bridgehead atoms. The molecule has 5 heteroatoms. The van der Waals surface area contributed by atoms with Crippen LogP contribution >= 0.6 is 27.5 Å². The first-order valence-corrected chi connectivity index (χ1v) is 6.25. The van der Waals surface area contributed by atoms with Gasteiger partial charge in [0.15, 0.2) is 0 Å². The monoisotopic (exact) mass is 300 g/mol. The smallest absolute Gasteiger partial charge is 0.143 e. The minimum Gasteiger partial charge on any atom is -0.377 e. The summed E-state index contributed by atoms with van der Waals surface area (Å²) < 4.78 is 8.42. The lowest BCUT2D eigenvalue weighted by Gasteiger charge is -2.29. The van der Waals surface area contributed by atoms with Crippen molar-refractivity contribution in [3.63, 3.8) is 0 Å². The summed E-state index contributed by atoms with van der Waals surface area (Å²) in [6.07, 6.45) is 0. The fourth-order valence-electron chi connectivity index (χ4n) is 2.08. The van der Waals surface area contributed by atoms with Crippen LogP contribution in [0.25, 0.3) is 11.0 Å². The maximum atomic E-state index is 5.99. The third-order valence-corrected chi connectivity index (χ3v) is 3.75. The Bertz CT molecular complexity index is 563. The molecule has 0 radical (unpaired) electrons. The van der Waals surface area contributed by atoms with E-state index in [1.54, 1.807) is 0 Å². The van der Waals surface area contributed by atoms with Crippen molar-refractivity contribution in [2.24, 2.45) is 0 Å². The molecule has 1 aliphatic heterocycles. The highest BCUT2D eigenvalue weighted by Crippen LogP contribution is 2.32. The highest BCUT2D eigenvalue weighted by Gasteiger charge is 2.24. The molecule has 3 rings (SSSR count). The molecule has 1 aliphatic rings. The summed E-state index contributed by atoms with van der Waals surface area (Å²) in [5, 5.41) is 1.62. The van der Waals surface area contributed by atoms with E-state index in [0.29, 0.717) is 11.2 Å². The van der Waals surface area contributed by atoms with Gasteiger partial charge >= 0.3 is 0 Å². The van der Waals surface area contributed by atoms with Gasteiger partial charge in [0.1, 0.15) is 10.8 Å². The van der Waals surface area contributed by atoms with Crippen LogP contribution in [0.1, 0.15) is 11.7 Å². The van der Waals surface area contributed by atoms with Crippen LogP contribution in [0.3, 0.4) is 0 Å². The zero-order valence-corrected chi connectivity index (χ0v) is 11.0. The number of aryl methyl sites for hydroxylation is 1. The number of hydrogen-bond acceptors (Lipinski definition) is 2. The van der Waals surface area contributed by atoms with Crippen LogP contribution in [0.15, 0.2) is 16.6 Å². The van der Waals surface area contributed by atoms with Gasteiger partial charge in [-0.05, 0) is 35.0 Å². The third-order valence-electron chi connectivity index (χ3n) is 2.90. The lowest BCUT2D eigenvalue weighted by atomic mass is 10.2. The zero-order valence-electron chi connectivity index (χ0n) is 8.70. The lowest BCUT2D eigenvalue weighted by molar-refractivity contribution is -0.0223. The quantitative estimate of drug-likeness (QED) is 0.756. The molecule has 0 atom stereocenters. The average molecular weight is 302 g/mol. The summed E-state index contributed by atoms with van der Waals surface area (Å²) in [5.74, 6) is 0. The third kappa shape index (κ3) is 1.48. The van der Waals surface area contributed by atoms with Crippen LogP contribution in [0.4, 0.5) is 0 Å². The first kappa shape index (κ1) is 10.6. The Balaban J connectivity index is 2.29. The molecule has 0 saturated carbocycles. The molecule has 0 aromatic carbocycles. The van der Waals surface area contributed by atoms with Gasteiger partial charge in [-0.2, -0.15) is 0 Å². The molecular formula is C11H10BrClN2O. The second-order valence-electron chi connectivity index (χ2n) is 4.01. The number of rotatable bonds is 1. The molecule has 16 heavy (non-hydrogen) atoms. The molecule has 0 aliphatic carbocycles. The van der Waals surface area contributed by atoms with E-state index in [1.165, 1.54) is 5.69 Å². The lowest BCUT2D eigenvalue weighted by Crippen LogP contribution is -2.31. The van der Waals surface area contributed by atoms with Gasteiger partial charge in [-0.1, -0.05) is 11.6 Å². The standard InChI is InChI=1S/C11H10BrClN2O/c1-6-2-8-9(12)3-10(13)14-11(8)15(6)7-4-16-5-7/h2-3,7H,4-5H2,1H3. The Morgan fingerprint density at radius 2 is 2.25 bits per heavy atom. The topological polar surface area (TPSA) is 27.1 Å². The van der Waals surface area contributed by atoms with Crippen LogP contribution in [0.5, 0.6) is 0 Å². The van der Waals surface area contributed by atoms with Crippen LogP contribution < -0.4 is 0 Å². The molecule has 0 amide bonds. The fraction of sp³-hybridized carbons (Fsp3) is 0.364. The van der Waals surface area contributed by atoms with Crippen molar-refractivity contribution >= 4 is 38.6 Å². The number of pyridine rings is 1. The second kappa shape index (κ2) is 3.72. The zero-order chi connectivity index (χ0) is 11.3. The van der Waals surface area contributed by atoms with Gasteiger partial charge in [0.25, 0.3) is 0 Å². The summed E-state index contributed by atoms with van der Waals surface area (Å²) in [7, 11) is 0. The van der Waals surface area contributed by atoms with Gasteiger partial charge in [-0.3, -0.25) is 0 Å². The van der Waals surface area contributed by atoms with E-state index in [0.717, 1.165) is 28.7 Å². The Hall–Kier alpha value is -0.580. The van der Waals surface area contributed by atoms with E-state index in [1.807, 2.05) is 6.07 Å². The highest BCUT2D eigenvalue weighted by atomic mass is 79.9. The van der Waals surface area contributed by atoms with Crippen molar-refractivity contribution in [2.75, 3.05) is 13.2 Å². The van der Waals surface area contributed by atoms with Crippen molar-refractivity contribution in [1.82, 2.24) is 9.55 Å². The summed E-state index contributed by atoms with van der Waals surface area (Å²) in [6.45, 7) is 3.60. The number of aromatic nitrogens is 2. The Kier molecular flexibility index (Phi) is 2.46. The number of fused-ring (bicyclic) bond motifs is 1. The van der Waals surface area contributed by atoms with Gasteiger partial charge in [0, 0.05) is 15.6 Å². The van der Waals surface area contributed by atoms with Gasteiger partial charge in [0.2, 0.25) is 0 Å². The molecule has 3 heterocycles. The van der Waals surface area contributed by atoms with Crippen LogP contribution in [0, 0.1) is 6.92 Å². The Morgan fingerprint density at radius 3 is 2.88 bits per heavy atom. The van der Waals surface area contributed by atoms with Gasteiger partial charge in [-0.15, -0.1) is 0 Å². The minimum atomic E-state index is 0.398. The molecule has 0 spiro atoms. The predicted molar refractivity (Wildman–Crippen MR) is 67.0 cm³/mol. The molecule has 2 aromatic heterocycles. The molecular weight excluding hydrogens is 291 g/mol. The predicted octanol–water partition coefficient (Wildman–Crippen LogP) is 3.33. The van der Waals surface area contributed by atoms with Crippen molar-refractivity contribution in [3.8, 4) is 0 Å². The summed E-state index contributed by atoms with van der Waals surface area (Å²) in [5.41, 5.74) is 2.13. The Morgan fingerprint density at radius 1 is 1.50 bits per heavy atom. The van der Waals surface area contributed by atoms with Crippen LogP contribution in [-0.4, -0.2) is 22.8 Å². The van der Waals surface area contributed by atoms with E-state index in [9.17, 15) is 0 Å². The molecule has 3 nitrogen and oxygen atoms in total. The molecule has 1 saturated heterocycles. The van der Waals surface area contributed by atoms with Crippen molar-refractivity contribution in [1.29, 1.82) is 0 Å². The minimum absolute atomic E-state index is 0.398. The molecule has 1 fully saturated rings. The first-order chi connectivity index (χ1) is 7.66. The van der Waals surface area contributed by atoms with E-state index in [-0.39, 0.29) is 0 Å². The van der Waals surface area contributed by atoms with Crippen LogP contribution in [0.2, 0.25) is 5.15 Å². The van der Waals surface area contributed by atoms with Gasteiger partial charge in [0.05, 0.1) is 19.3 Å². The molecule has 0 unspecified atom stereocenters. The second-order valence-corrected chi connectivity index (χ2v) is 5.25. The molecule has 84 valence electrons. The summed E-state index contributed by atoms with van der Waals surface area (Å²) >= 11 is 9.50. The van der Waals surface area contributed by atoms with Crippen molar-refractivity contribution in [2.45, 2.75) is 13.0 Å². The fourth-order valence-corrected chi connectivity index (χ4v) is 2.91. The summed E-state index contributed by atoms with van der Waals surface area (Å²) in [6, 6.07) is 4.35. The largest absolute Gasteiger partial charge is 0.377 e. The molecule has 2 aromatic rings. The van der Waals surface area contributed by atoms with Crippen molar-refractivity contribution < 1.29 is 4.74 Å². The van der Waals surface area contributed by atoms with E-state index in [2.05, 4.69) is 38.5 Å². The normalized spacial score (nSPS) is 16.7. The van der Waals surface area contributed by atoms with E-state index >= 15 is 0 Å². The number of hydrogen-bond donors (Lipinski definition) is 0. The molecule has 0 N–H and O–H groups in total. The number of nitrogens with zero attached hydrogens (tertiary/aromatic N) is 2. The maximum absolute atomic E-state index is 5.99. The SMILES string of the molecule is Cc1cc2c(Br)cc(Cl)nc2n1C1COC1. The summed E-state index contributed by atoms with van der Waals surface area (Å²) in [4.78, 5) is 4.40. The highest BCUT2D eigenvalue weighted by molar-refractivity contribution is 9.10.